The molecule has 0 radical (unpaired) electrons. The number of halogens is 1. The molecular formula is C14H11ClN2O4S2. The van der Waals surface area contributed by atoms with E-state index in [9.17, 15) is 18.3 Å². The Bertz CT molecular complexity index is 1070. The third kappa shape index (κ3) is 2.43. The predicted octanol–water partition coefficient (Wildman–Crippen LogP) is 2.70. The largest absolute Gasteiger partial charge is 0.504 e. The Morgan fingerprint density at radius 2 is 2.13 bits per heavy atom. The van der Waals surface area contributed by atoms with E-state index in [1.165, 1.54) is 23.5 Å². The molecule has 9 heteroatoms. The highest BCUT2D eigenvalue weighted by Crippen LogP contribution is 2.43. The van der Waals surface area contributed by atoms with Crippen LogP contribution in [-0.4, -0.2) is 30.2 Å². The minimum absolute atomic E-state index is 0.0103. The zero-order valence-corrected chi connectivity index (χ0v) is 14.2. The second kappa shape index (κ2) is 5.33. The fraction of sp³-hybridized carbons (Fsp3) is 0.143. The molecule has 0 aliphatic rings. The van der Waals surface area contributed by atoms with E-state index < -0.39 is 15.7 Å². The number of sulfone groups is 1. The highest BCUT2D eigenvalue weighted by atomic mass is 35.5. The van der Waals surface area contributed by atoms with Crippen molar-refractivity contribution < 1.29 is 18.3 Å². The van der Waals surface area contributed by atoms with Crippen molar-refractivity contribution in [2.75, 3.05) is 5.75 Å². The van der Waals surface area contributed by atoms with Crippen molar-refractivity contribution >= 4 is 58.9 Å². The maximum absolute atomic E-state index is 12.0. The monoisotopic (exact) mass is 370 g/mol. The van der Waals surface area contributed by atoms with Gasteiger partial charge in [-0.15, -0.1) is 11.3 Å². The molecule has 0 aliphatic heterocycles. The van der Waals surface area contributed by atoms with Gasteiger partial charge in [0.2, 0.25) is 0 Å². The molecular weight excluding hydrogens is 360 g/mol. The van der Waals surface area contributed by atoms with Gasteiger partial charge in [-0.25, -0.2) is 13.4 Å². The number of aromatic hydroxyl groups is 1. The van der Waals surface area contributed by atoms with Crippen molar-refractivity contribution in [2.24, 2.45) is 5.73 Å². The van der Waals surface area contributed by atoms with E-state index >= 15 is 0 Å². The lowest BCUT2D eigenvalue weighted by Crippen LogP contribution is -2.13. The lowest BCUT2D eigenvalue weighted by Gasteiger charge is -2.04. The molecule has 3 aromatic rings. The quantitative estimate of drug-likeness (QED) is 0.688. The van der Waals surface area contributed by atoms with Crippen LogP contribution in [0, 0.1) is 0 Å². The topological polar surface area (TPSA) is 110 Å². The van der Waals surface area contributed by atoms with Gasteiger partial charge in [0.05, 0.1) is 15.3 Å². The fourth-order valence-electron chi connectivity index (χ4n) is 2.29. The van der Waals surface area contributed by atoms with Gasteiger partial charge in [-0.3, -0.25) is 4.79 Å². The third-order valence-corrected chi connectivity index (χ3v) is 6.67. The Balaban J connectivity index is 2.44. The molecule has 6 nitrogen and oxygen atoms in total. The van der Waals surface area contributed by atoms with E-state index in [0.717, 1.165) is 4.70 Å². The van der Waals surface area contributed by atoms with E-state index in [4.69, 9.17) is 17.3 Å². The third-order valence-electron chi connectivity index (χ3n) is 3.49. The summed E-state index contributed by atoms with van der Waals surface area (Å²) in [5, 5.41) is 11.1. The minimum atomic E-state index is -3.38. The van der Waals surface area contributed by atoms with E-state index in [2.05, 4.69) is 4.98 Å². The smallest absolute Gasteiger partial charge is 0.271 e. The lowest BCUT2D eigenvalue weighted by atomic mass is 10.2. The summed E-state index contributed by atoms with van der Waals surface area (Å²) >= 11 is 7.31. The van der Waals surface area contributed by atoms with Crippen LogP contribution < -0.4 is 5.73 Å². The van der Waals surface area contributed by atoms with Gasteiger partial charge in [-0.1, -0.05) is 18.5 Å². The normalized spacial score (nSPS) is 12.1. The second-order valence-electron chi connectivity index (χ2n) is 4.83. The first-order valence-corrected chi connectivity index (χ1v) is 9.38. The SMILES string of the molecule is CCS(=O)(=O)c1ccc2sc3c(O)c(C(N)=O)nc(Cl)c3c2c1. The zero-order chi connectivity index (χ0) is 16.9. The summed E-state index contributed by atoms with van der Waals surface area (Å²) in [6.07, 6.45) is 0. The maximum atomic E-state index is 12.0. The first-order valence-electron chi connectivity index (χ1n) is 6.53. The molecule has 0 saturated heterocycles. The van der Waals surface area contributed by atoms with Gasteiger partial charge in [0.25, 0.3) is 5.91 Å². The van der Waals surface area contributed by atoms with E-state index in [-0.39, 0.29) is 27.2 Å². The Kier molecular flexibility index (Phi) is 3.70. The minimum Gasteiger partial charge on any atom is -0.504 e. The van der Waals surface area contributed by atoms with Gasteiger partial charge in [-0.05, 0) is 18.2 Å². The van der Waals surface area contributed by atoms with Gasteiger partial charge in [0.1, 0.15) is 5.15 Å². The number of nitrogens with zero attached hydrogens (tertiary/aromatic N) is 1. The molecule has 0 atom stereocenters. The molecule has 120 valence electrons. The van der Waals surface area contributed by atoms with Crippen LogP contribution in [0.25, 0.3) is 20.2 Å². The number of aromatic nitrogens is 1. The van der Waals surface area contributed by atoms with E-state index in [1.54, 1.807) is 13.0 Å². The van der Waals surface area contributed by atoms with Crippen molar-refractivity contribution in [1.29, 1.82) is 0 Å². The molecule has 1 amide bonds. The van der Waals surface area contributed by atoms with Crippen LogP contribution in [0.2, 0.25) is 5.15 Å². The number of rotatable bonds is 3. The van der Waals surface area contributed by atoms with Crippen molar-refractivity contribution in [3.05, 3.63) is 29.0 Å². The molecule has 0 bridgehead atoms. The summed E-state index contributed by atoms with van der Waals surface area (Å²) in [7, 11) is -3.38. The van der Waals surface area contributed by atoms with Crippen LogP contribution in [0.3, 0.4) is 0 Å². The van der Waals surface area contributed by atoms with Crippen molar-refractivity contribution in [1.82, 2.24) is 4.98 Å². The van der Waals surface area contributed by atoms with Gasteiger partial charge in [0, 0.05) is 15.5 Å². The molecule has 3 N–H and O–H groups in total. The summed E-state index contributed by atoms with van der Waals surface area (Å²) in [6, 6.07) is 4.65. The molecule has 1 aromatic carbocycles. The van der Waals surface area contributed by atoms with E-state index in [0.29, 0.717) is 15.5 Å². The first kappa shape index (κ1) is 16.0. The highest BCUT2D eigenvalue weighted by Gasteiger charge is 2.21. The molecule has 3 rings (SSSR count). The molecule has 0 unspecified atom stereocenters. The molecule has 0 fully saturated rings. The van der Waals surface area contributed by atoms with Crippen molar-refractivity contribution in [2.45, 2.75) is 11.8 Å². The number of primary amides is 1. The van der Waals surface area contributed by atoms with Gasteiger partial charge in [-0.2, -0.15) is 0 Å². The molecule has 0 saturated carbocycles. The number of carbonyl (C=O) groups excluding carboxylic acids is 1. The van der Waals surface area contributed by atoms with Crippen LogP contribution in [0.1, 0.15) is 17.4 Å². The number of benzene rings is 1. The fourth-order valence-corrected chi connectivity index (χ4v) is 4.67. The zero-order valence-electron chi connectivity index (χ0n) is 11.8. The summed E-state index contributed by atoms with van der Waals surface area (Å²) in [5.74, 6) is -1.26. The Morgan fingerprint density at radius 1 is 1.43 bits per heavy atom. The van der Waals surface area contributed by atoms with Gasteiger partial charge >= 0.3 is 0 Å². The Labute approximate surface area is 140 Å². The van der Waals surface area contributed by atoms with Crippen molar-refractivity contribution in [3.63, 3.8) is 0 Å². The standard InChI is InChI=1S/C14H11ClN2O4S2/c1-2-23(20,21)6-3-4-8-7(5-6)9-12(22-8)11(18)10(14(16)19)17-13(9)15/h3-5,18H,2H2,1H3,(H2,16,19). The highest BCUT2D eigenvalue weighted by molar-refractivity contribution is 7.91. The molecule has 23 heavy (non-hydrogen) atoms. The lowest BCUT2D eigenvalue weighted by molar-refractivity contribution is 0.0993. The molecule has 0 aliphatic carbocycles. The predicted molar refractivity (Wildman–Crippen MR) is 90.0 cm³/mol. The summed E-state index contributed by atoms with van der Waals surface area (Å²) in [6.45, 7) is 1.56. The number of hydrogen-bond donors (Lipinski definition) is 2. The number of carbonyl (C=O) groups is 1. The number of pyridine rings is 1. The van der Waals surface area contributed by atoms with Crippen LogP contribution in [0.5, 0.6) is 5.75 Å². The van der Waals surface area contributed by atoms with Gasteiger partial charge < -0.3 is 10.8 Å². The number of amides is 1. The van der Waals surface area contributed by atoms with Gasteiger partial charge in [0.15, 0.2) is 21.3 Å². The van der Waals surface area contributed by atoms with Crippen LogP contribution in [-0.2, 0) is 9.84 Å². The number of thiophene rings is 1. The average Bonchev–Trinajstić information content (AvgIpc) is 2.90. The summed E-state index contributed by atoms with van der Waals surface area (Å²) in [5.41, 5.74) is 4.86. The molecule has 2 heterocycles. The van der Waals surface area contributed by atoms with Crippen LogP contribution in [0.4, 0.5) is 0 Å². The number of nitrogens with two attached hydrogens (primary N) is 1. The Hall–Kier alpha value is -1.90. The van der Waals surface area contributed by atoms with E-state index in [1.807, 2.05) is 0 Å². The Morgan fingerprint density at radius 3 is 2.74 bits per heavy atom. The molecule has 2 aromatic heterocycles. The number of fused-ring (bicyclic) bond motifs is 3. The summed E-state index contributed by atoms with van der Waals surface area (Å²) in [4.78, 5) is 15.3. The maximum Gasteiger partial charge on any atom is 0.271 e. The average molecular weight is 371 g/mol. The summed E-state index contributed by atoms with van der Waals surface area (Å²) < 4.78 is 25.1. The second-order valence-corrected chi connectivity index (χ2v) is 8.52. The first-order chi connectivity index (χ1) is 10.8. The van der Waals surface area contributed by atoms with Crippen LogP contribution in [0.15, 0.2) is 23.1 Å². The van der Waals surface area contributed by atoms with Crippen LogP contribution >= 0.6 is 22.9 Å². The number of hydrogen-bond acceptors (Lipinski definition) is 6. The van der Waals surface area contributed by atoms with Crippen molar-refractivity contribution in [3.8, 4) is 5.75 Å². The molecule has 0 spiro atoms.